The van der Waals surface area contributed by atoms with E-state index in [0.29, 0.717) is 0 Å². The Morgan fingerprint density at radius 2 is 1.05 bits per heavy atom. The molecule has 0 saturated heterocycles. The molecule has 0 bridgehead atoms. The smallest absolute Gasteiger partial charge is 0.0205 e. The van der Waals surface area contributed by atoms with Gasteiger partial charge in [0.2, 0.25) is 0 Å². The highest BCUT2D eigenvalue weighted by molar-refractivity contribution is 5.22. The zero-order valence-electron chi connectivity index (χ0n) is 13.4. The van der Waals surface area contributed by atoms with Crippen molar-refractivity contribution in [1.29, 1.82) is 0 Å². The van der Waals surface area contributed by atoms with E-state index in [2.05, 4.69) is 48.7 Å². The summed E-state index contributed by atoms with van der Waals surface area (Å²) in [4.78, 5) is 0. The van der Waals surface area contributed by atoms with Crippen LogP contribution in [0.2, 0.25) is 0 Å². The zero-order valence-corrected chi connectivity index (χ0v) is 13.4. The van der Waals surface area contributed by atoms with Gasteiger partial charge in [-0.25, -0.2) is 0 Å². The lowest BCUT2D eigenvalue weighted by atomic mass is 10.1. The molecule has 0 spiro atoms. The normalized spacial score (nSPS) is 10.9. The molecule has 1 aromatic carbocycles. The zero-order chi connectivity index (χ0) is 14.5. The first-order valence-corrected chi connectivity index (χ1v) is 8.36. The highest BCUT2D eigenvalue weighted by atomic mass is 14.8. The maximum absolute atomic E-state index is 3.51. The summed E-state index contributed by atoms with van der Waals surface area (Å²) in [6, 6.07) is 8.98. The molecule has 0 heterocycles. The number of nitrogens with one attached hydrogen (secondary N) is 2. The lowest BCUT2D eigenvalue weighted by Crippen LogP contribution is -2.15. The second-order valence-electron chi connectivity index (χ2n) is 5.58. The van der Waals surface area contributed by atoms with Crippen LogP contribution in [0.15, 0.2) is 24.3 Å². The van der Waals surface area contributed by atoms with Gasteiger partial charge < -0.3 is 10.6 Å². The molecule has 0 amide bonds. The Labute approximate surface area is 125 Å². The molecule has 0 aliphatic heterocycles. The highest BCUT2D eigenvalue weighted by Gasteiger charge is 1.95. The largest absolute Gasteiger partial charge is 0.313 e. The highest BCUT2D eigenvalue weighted by Crippen LogP contribution is 2.04. The Morgan fingerprint density at radius 3 is 1.40 bits per heavy atom. The van der Waals surface area contributed by atoms with Crippen molar-refractivity contribution in [3.63, 3.8) is 0 Å². The quantitative estimate of drug-likeness (QED) is 0.558. The number of benzene rings is 1. The maximum atomic E-state index is 3.51. The SMILES string of the molecule is CCCCCNCc1ccc(CNCCCCC)cc1. The van der Waals surface area contributed by atoms with E-state index in [1.807, 2.05) is 0 Å². The van der Waals surface area contributed by atoms with Crippen molar-refractivity contribution >= 4 is 0 Å². The number of unbranched alkanes of at least 4 members (excludes halogenated alkanes) is 4. The average molecular weight is 276 g/mol. The van der Waals surface area contributed by atoms with Crippen molar-refractivity contribution in [3.05, 3.63) is 35.4 Å². The predicted octanol–water partition coefficient (Wildman–Crippen LogP) is 4.25. The second-order valence-corrected chi connectivity index (χ2v) is 5.58. The summed E-state index contributed by atoms with van der Waals surface area (Å²) < 4.78 is 0. The van der Waals surface area contributed by atoms with Crippen LogP contribution in [0.4, 0.5) is 0 Å². The third-order valence-corrected chi connectivity index (χ3v) is 3.60. The first-order valence-electron chi connectivity index (χ1n) is 8.36. The molecule has 2 N–H and O–H groups in total. The summed E-state index contributed by atoms with van der Waals surface area (Å²) >= 11 is 0. The van der Waals surface area contributed by atoms with E-state index < -0.39 is 0 Å². The van der Waals surface area contributed by atoms with E-state index in [1.54, 1.807) is 0 Å². The van der Waals surface area contributed by atoms with E-state index >= 15 is 0 Å². The molecule has 1 rings (SSSR count). The second kappa shape index (κ2) is 11.9. The van der Waals surface area contributed by atoms with Gasteiger partial charge in [0.05, 0.1) is 0 Å². The maximum Gasteiger partial charge on any atom is 0.0205 e. The molecule has 0 saturated carbocycles. The fourth-order valence-electron chi connectivity index (χ4n) is 2.24. The summed E-state index contributed by atoms with van der Waals surface area (Å²) in [7, 11) is 0. The molecule has 0 radical (unpaired) electrons. The van der Waals surface area contributed by atoms with Crippen LogP contribution in [-0.4, -0.2) is 13.1 Å². The molecule has 1 aromatic rings. The van der Waals surface area contributed by atoms with Gasteiger partial charge in [0.25, 0.3) is 0 Å². The molecule has 0 unspecified atom stereocenters. The summed E-state index contributed by atoms with van der Waals surface area (Å²) in [6.07, 6.45) is 7.82. The Balaban J connectivity index is 2.13. The molecular weight excluding hydrogens is 244 g/mol. The van der Waals surface area contributed by atoms with Crippen molar-refractivity contribution in [3.8, 4) is 0 Å². The van der Waals surface area contributed by atoms with Crippen LogP contribution in [-0.2, 0) is 13.1 Å². The van der Waals surface area contributed by atoms with E-state index in [9.17, 15) is 0 Å². The summed E-state index contributed by atoms with van der Waals surface area (Å²) in [6.45, 7) is 8.75. The summed E-state index contributed by atoms with van der Waals surface area (Å²) in [5.41, 5.74) is 2.77. The van der Waals surface area contributed by atoms with Gasteiger partial charge in [-0.3, -0.25) is 0 Å². The van der Waals surface area contributed by atoms with Gasteiger partial charge in [-0.2, -0.15) is 0 Å². The van der Waals surface area contributed by atoms with E-state index in [0.717, 1.165) is 26.2 Å². The minimum atomic E-state index is 0.994. The molecule has 0 aromatic heterocycles. The topological polar surface area (TPSA) is 24.1 Å². The number of hydrogen-bond donors (Lipinski definition) is 2. The van der Waals surface area contributed by atoms with Crippen LogP contribution < -0.4 is 10.6 Å². The number of rotatable bonds is 12. The first-order chi connectivity index (χ1) is 9.86. The van der Waals surface area contributed by atoms with E-state index in [4.69, 9.17) is 0 Å². The lowest BCUT2D eigenvalue weighted by Gasteiger charge is -2.07. The van der Waals surface area contributed by atoms with Crippen LogP contribution in [0.25, 0.3) is 0 Å². The number of hydrogen-bond acceptors (Lipinski definition) is 2. The first kappa shape index (κ1) is 17.2. The van der Waals surface area contributed by atoms with Gasteiger partial charge in [0, 0.05) is 13.1 Å². The fraction of sp³-hybridized carbons (Fsp3) is 0.667. The van der Waals surface area contributed by atoms with E-state index in [1.165, 1.54) is 49.7 Å². The molecule has 0 aliphatic carbocycles. The molecule has 114 valence electrons. The van der Waals surface area contributed by atoms with Crippen LogP contribution in [0.5, 0.6) is 0 Å². The Bertz CT molecular complexity index is 286. The molecule has 0 fully saturated rings. The van der Waals surface area contributed by atoms with Gasteiger partial charge in [-0.1, -0.05) is 63.8 Å². The Hall–Kier alpha value is -0.860. The van der Waals surface area contributed by atoms with Gasteiger partial charge in [-0.15, -0.1) is 0 Å². The minimum absolute atomic E-state index is 0.994. The summed E-state index contributed by atoms with van der Waals surface area (Å²) in [5.74, 6) is 0. The van der Waals surface area contributed by atoms with Crippen molar-refractivity contribution in [2.24, 2.45) is 0 Å². The standard InChI is InChI=1S/C18H32N2/c1-3-5-7-13-19-15-17-9-11-18(12-10-17)16-20-14-8-6-4-2/h9-12,19-20H,3-8,13-16H2,1-2H3. The van der Waals surface area contributed by atoms with Gasteiger partial charge >= 0.3 is 0 Å². The van der Waals surface area contributed by atoms with Gasteiger partial charge in [0.15, 0.2) is 0 Å². The monoisotopic (exact) mass is 276 g/mol. The van der Waals surface area contributed by atoms with Crippen molar-refractivity contribution in [1.82, 2.24) is 10.6 Å². The van der Waals surface area contributed by atoms with Gasteiger partial charge in [-0.05, 0) is 37.1 Å². The molecule has 2 nitrogen and oxygen atoms in total. The van der Waals surface area contributed by atoms with Crippen LogP contribution in [0, 0.1) is 0 Å². The van der Waals surface area contributed by atoms with Gasteiger partial charge in [0.1, 0.15) is 0 Å². The molecule has 2 heteroatoms. The Kier molecular flexibility index (Phi) is 10.3. The minimum Gasteiger partial charge on any atom is -0.313 e. The summed E-state index contributed by atoms with van der Waals surface area (Å²) in [5, 5.41) is 7.01. The van der Waals surface area contributed by atoms with Crippen molar-refractivity contribution in [2.75, 3.05) is 13.1 Å². The van der Waals surface area contributed by atoms with Crippen molar-refractivity contribution in [2.45, 2.75) is 65.5 Å². The van der Waals surface area contributed by atoms with Crippen LogP contribution in [0.3, 0.4) is 0 Å². The Morgan fingerprint density at radius 1 is 0.650 bits per heavy atom. The lowest BCUT2D eigenvalue weighted by molar-refractivity contribution is 0.613. The van der Waals surface area contributed by atoms with E-state index in [-0.39, 0.29) is 0 Å². The third kappa shape index (κ3) is 8.34. The fourth-order valence-corrected chi connectivity index (χ4v) is 2.24. The average Bonchev–Trinajstić information content (AvgIpc) is 2.48. The van der Waals surface area contributed by atoms with Crippen LogP contribution >= 0.6 is 0 Å². The van der Waals surface area contributed by atoms with Crippen molar-refractivity contribution < 1.29 is 0 Å². The predicted molar refractivity (Wildman–Crippen MR) is 88.9 cm³/mol. The molecule has 0 aliphatic rings. The third-order valence-electron chi connectivity index (χ3n) is 3.60. The molecule has 0 atom stereocenters. The molecular formula is C18H32N2. The molecule has 20 heavy (non-hydrogen) atoms. The van der Waals surface area contributed by atoms with Crippen LogP contribution in [0.1, 0.15) is 63.5 Å².